The number of rotatable bonds is 2. The molecule has 1 aliphatic rings. The second kappa shape index (κ2) is 3.02. The summed E-state index contributed by atoms with van der Waals surface area (Å²) in [4.78, 5) is 15.6. The normalized spacial score (nSPS) is 16.2. The highest BCUT2D eigenvalue weighted by Gasteiger charge is 1.96. The SMILES string of the molecule is O=CCN1C=NC=CC1. The van der Waals surface area contributed by atoms with Gasteiger partial charge in [-0.25, -0.2) is 4.99 Å². The first-order chi connectivity index (χ1) is 4.43. The topological polar surface area (TPSA) is 32.7 Å². The van der Waals surface area contributed by atoms with Crippen LogP contribution in [-0.4, -0.2) is 30.6 Å². The molecule has 0 radical (unpaired) electrons. The summed E-state index contributed by atoms with van der Waals surface area (Å²) in [5.74, 6) is 0. The van der Waals surface area contributed by atoms with Gasteiger partial charge in [-0.2, -0.15) is 0 Å². The van der Waals surface area contributed by atoms with E-state index >= 15 is 0 Å². The molecule has 0 aromatic rings. The summed E-state index contributed by atoms with van der Waals surface area (Å²) in [5, 5.41) is 0. The van der Waals surface area contributed by atoms with Gasteiger partial charge >= 0.3 is 0 Å². The molecule has 48 valence electrons. The second-order valence-corrected chi connectivity index (χ2v) is 1.77. The number of aliphatic imine (C=N–C) groups is 1. The van der Waals surface area contributed by atoms with E-state index in [0.717, 1.165) is 12.8 Å². The average molecular weight is 124 g/mol. The number of carbonyl (C=O) groups is 1. The number of hydrogen-bond donors (Lipinski definition) is 0. The zero-order chi connectivity index (χ0) is 6.53. The maximum absolute atomic E-state index is 9.95. The van der Waals surface area contributed by atoms with Gasteiger partial charge in [0.05, 0.1) is 12.9 Å². The highest BCUT2D eigenvalue weighted by molar-refractivity contribution is 5.64. The van der Waals surface area contributed by atoms with Crippen molar-refractivity contribution in [3.8, 4) is 0 Å². The smallest absolute Gasteiger partial charge is 0.139 e. The number of nitrogens with zero attached hydrogens (tertiary/aromatic N) is 2. The third-order valence-electron chi connectivity index (χ3n) is 1.07. The van der Waals surface area contributed by atoms with Crippen LogP contribution in [0.3, 0.4) is 0 Å². The standard InChI is InChI=1S/C6H8N2O/c9-5-4-8-3-1-2-7-6-8/h1-2,5-6H,3-4H2. The van der Waals surface area contributed by atoms with Gasteiger partial charge in [-0.3, -0.25) is 0 Å². The molecule has 3 heteroatoms. The summed E-state index contributed by atoms with van der Waals surface area (Å²) in [6, 6.07) is 0. The highest BCUT2D eigenvalue weighted by atomic mass is 16.1. The molecule has 1 aliphatic heterocycles. The highest BCUT2D eigenvalue weighted by Crippen LogP contribution is 1.89. The summed E-state index contributed by atoms with van der Waals surface area (Å²) in [7, 11) is 0. The zero-order valence-electron chi connectivity index (χ0n) is 5.03. The minimum absolute atomic E-state index is 0.438. The summed E-state index contributed by atoms with van der Waals surface area (Å²) < 4.78 is 0. The lowest BCUT2D eigenvalue weighted by atomic mass is 10.5. The molecule has 0 atom stereocenters. The van der Waals surface area contributed by atoms with Gasteiger partial charge in [-0.05, 0) is 6.08 Å². The van der Waals surface area contributed by atoms with Gasteiger partial charge in [-0.1, -0.05) is 0 Å². The Hall–Kier alpha value is -1.12. The predicted octanol–water partition coefficient (Wildman–Crippen LogP) is 0.0429. The summed E-state index contributed by atoms with van der Waals surface area (Å²) in [5.41, 5.74) is 0. The molecule has 0 amide bonds. The molecular weight excluding hydrogens is 116 g/mol. The first kappa shape index (κ1) is 6.01. The Kier molecular flexibility index (Phi) is 2.01. The van der Waals surface area contributed by atoms with Gasteiger partial charge in [0.2, 0.25) is 0 Å². The molecule has 1 rings (SSSR count). The molecule has 0 spiro atoms. The van der Waals surface area contributed by atoms with E-state index in [2.05, 4.69) is 4.99 Å². The third kappa shape index (κ3) is 1.68. The summed E-state index contributed by atoms with van der Waals surface area (Å²) in [6.07, 6.45) is 6.16. The van der Waals surface area contributed by atoms with Gasteiger partial charge in [0.25, 0.3) is 0 Å². The average Bonchev–Trinajstić information content (AvgIpc) is 1.91. The fraction of sp³-hybridized carbons (Fsp3) is 0.333. The predicted molar refractivity (Wildman–Crippen MR) is 35.3 cm³/mol. The van der Waals surface area contributed by atoms with Crippen molar-refractivity contribution >= 4 is 12.6 Å². The molecule has 9 heavy (non-hydrogen) atoms. The van der Waals surface area contributed by atoms with Crippen LogP contribution < -0.4 is 0 Å². The lowest BCUT2D eigenvalue weighted by Crippen LogP contribution is -2.25. The van der Waals surface area contributed by atoms with Crippen molar-refractivity contribution in [2.75, 3.05) is 13.1 Å². The maximum Gasteiger partial charge on any atom is 0.139 e. The minimum Gasteiger partial charge on any atom is -0.352 e. The Labute approximate surface area is 53.7 Å². The van der Waals surface area contributed by atoms with Crippen LogP contribution in [0, 0.1) is 0 Å². The van der Waals surface area contributed by atoms with E-state index in [4.69, 9.17) is 0 Å². The molecule has 0 aromatic carbocycles. The van der Waals surface area contributed by atoms with Crippen LogP contribution in [0.4, 0.5) is 0 Å². The fourth-order valence-electron chi connectivity index (χ4n) is 0.641. The minimum atomic E-state index is 0.438. The number of hydrogen-bond acceptors (Lipinski definition) is 3. The molecule has 0 fully saturated rings. The fourth-order valence-corrected chi connectivity index (χ4v) is 0.641. The molecular formula is C6H8N2O. The van der Waals surface area contributed by atoms with E-state index in [1.807, 2.05) is 11.0 Å². The summed E-state index contributed by atoms with van der Waals surface area (Å²) >= 11 is 0. The molecule has 1 heterocycles. The largest absolute Gasteiger partial charge is 0.352 e. The molecule has 0 N–H and O–H groups in total. The van der Waals surface area contributed by atoms with E-state index in [9.17, 15) is 4.79 Å². The van der Waals surface area contributed by atoms with Gasteiger partial charge < -0.3 is 9.69 Å². The van der Waals surface area contributed by atoms with E-state index in [0.29, 0.717) is 6.54 Å². The zero-order valence-corrected chi connectivity index (χ0v) is 5.03. The molecule has 0 bridgehead atoms. The maximum atomic E-state index is 9.95. The number of carbonyl (C=O) groups excluding carboxylic acids is 1. The quantitative estimate of drug-likeness (QED) is 0.487. The van der Waals surface area contributed by atoms with Crippen LogP contribution in [0.5, 0.6) is 0 Å². The van der Waals surface area contributed by atoms with Crippen LogP contribution >= 0.6 is 0 Å². The third-order valence-corrected chi connectivity index (χ3v) is 1.07. The van der Waals surface area contributed by atoms with Crippen molar-refractivity contribution < 1.29 is 4.79 Å². The lowest BCUT2D eigenvalue weighted by molar-refractivity contribution is -0.108. The van der Waals surface area contributed by atoms with Crippen LogP contribution in [0.25, 0.3) is 0 Å². The molecule has 0 saturated carbocycles. The Morgan fingerprint density at radius 2 is 2.67 bits per heavy atom. The molecule has 0 saturated heterocycles. The molecule has 0 aliphatic carbocycles. The lowest BCUT2D eigenvalue weighted by Gasteiger charge is -2.14. The second-order valence-electron chi connectivity index (χ2n) is 1.77. The van der Waals surface area contributed by atoms with Crippen LogP contribution in [-0.2, 0) is 4.79 Å². The van der Waals surface area contributed by atoms with Crippen molar-refractivity contribution in [2.45, 2.75) is 0 Å². The first-order valence-electron chi connectivity index (χ1n) is 2.79. The van der Waals surface area contributed by atoms with Crippen molar-refractivity contribution in [1.29, 1.82) is 0 Å². The van der Waals surface area contributed by atoms with Gasteiger partial charge in [0.1, 0.15) is 6.29 Å². The Morgan fingerprint density at radius 1 is 1.78 bits per heavy atom. The monoisotopic (exact) mass is 124 g/mol. The summed E-state index contributed by atoms with van der Waals surface area (Å²) in [6.45, 7) is 1.23. The van der Waals surface area contributed by atoms with Gasteiger partial charge in [0.15, 0.2) is 0 Å². The van der Waals surface area contributed by atoms with Crippen LogP contribution in [0.2, 0.25) is 0 Å². The van der Waals surface area contributed by atoms with Crippen molar-refractivity contribution in [1.82, 2.24) is 4.90 Å². The van der Waals surface area contributed by atoms with E-state index in [1.165, 1.54) is 0 Å². The van der Waals surface area contributed by atoms with Gasteiger partial charge in [-0.15, -0.1) is 0 Å². The Bertz CT molecular complexity index is 149. The van der Waals surface area contributed by atoms with Crippen molar-refractivity contribution in [3.63, 3.8) is 0 Å². The molecule has 3 nitrogen and oxygen atoms in total. The van der Waals surface area contributed by atoms with Crippen LogP contribution in [0.1, 0.15) is 0 Å². The van der Waals surface area contributed by atoms with Gasteiger partial charge in [0, 0.05) is 12.7 Å². The van der Waals surface area contributed by atoms with Crippen molar-refractivity contribution in [2.24, 2.45) is 4.99 Å². The number of aldehydes is 1. The molecule has 0 aromatic heterocycles. The van der Waals surface area contributed by atoms with E-state index < -0.39 is 0 Å². The Balaban J connectivity index is 2.36. The van der Waals surface area contributed by atoms with Crippen molar-refractivity contribution in [3.05, 3.63) is 12.3 Å². The first-order valence-corrected chi connectivity index (χ1v) is 2.79. The van der Waals surface area contributed by atoms with E-state index in [1.54, 1.807) is 12.5 Å². The molecule has 0 unspecified atom stereocenters. The van der Waals surface area contributed by atoms with Crippen LogP contribution in [0.15, 0.2) is 17.3 Å². The van der Waals surface area contributed by atoms with E-state index in [-0.39, 0.29) is 0 Å². The Morgan fingerprint density at radius 3 is 3.22 bits per heavy atom.